The lowest BCUT2D eigenvalue weighted by atomic mass is 10.1. The van der Waals surface area contributed by atoms with Crippen molar-refractivity contribution < 1.29 is 19.3 Å². The van der Waals surface area contributed by atoms with Crippen molar-refractivity contribution in [3.8, 4) is 23.1 Å². The zero-order valence-electron chi connectivity index (χ0n) is 19.1. The molecule has 1 atom stereocenters. The molecular weight excluding hydrogens is 436 g/mol. The first kappa shape index (κ1) is 22.5. The average molecular weight is 465 g/mol. The highest BCUT2D eigenvalue weighted by Crippen LogP contribution is 2.33. The summed E-state index contributed by atoms with van der Waals surface area (Å²) in [6.07, 6.45) is 8.77. The second-order valence-corrected chi connectivity index (χ2v) is 8.14. The van der Waals surface area contributed by atoms with Gasteiger partial charge in [-0.1, -0.05) is 0 Å². The molecule has 1 aliphatic rings. The van der Waals surface area contributed by atoms with Crippen molar-refractivity contribution in [2.24, 2.45) is 0 Å². The predicted molar refractivity (Wildman–Crippen MR) is 125 cm³/mol. The number of ether oxygens (including phenoxy) is 3. The third-order valence-electron chi connectivity index (χ3n) is 5.79. The molecule has 0 radical (unpaired) electrons. The summed E-state index contributed by atoms with van der Waals surface area (Å²) < 4.78 is 20.6. The van der Waals surface area contributed by atoms with Gasteiger partial charge in [0.25, 0.3) is 0 Å². The van der Waals surface area contributed by atoms with Gasteiger partial charge in [-0.15, -0.1) is 0 Å². The topological polar surface area (TPSA) is 109 Å². The summed E-state index contributed by atoms with van der Waals surface area (Å²) in [5.41, 5.74) is 2.54. The predicted octanol–water partition coefficient (Wildman–Crippen LogP) is 2.94. The number of aromatic nitrogens is 6. The molecule has 0 aliphatic carbocycles. The molecular formula is C24H28N6O4. The van der Waals surface area contributed by atoms with E-state index in [1.165, 1.54) is 0 Å². The van der Waals surface area contributed by atoms with Crippen LogP contribution in [0.5, 0.6) is 5.75 Å². The lowest BCUT2D eigenvalue weighted by Gasteiger charge is -2.23. The molecule has 1 fully saturated rings. The minimum Gasteiger partial charge on any atom is -0.491 e. The van der Waals surface area contributed by atoms with Crippen molar-refractivity contribution in [1.29, 1.82) is 0 Å². The Bertz CT molecular complexity index is 1250. The molecule has 0 bridgehead atoms. The summed E-state index contributed by atoms with van der Waals surface area (Å²) >= 11 is 0. The first-order chi connectivity index (χ1) is 16.8. The van der Waals surface area contributed by atoms with Gasteiger partial charge in [0.05, 0.1) is 18.3 Å². The van der Waals surface area contributed by atoms with E-state index in [1.54, 1.807) is 30.3 Å². The van der Waals surface area contributed by atoms with Crippen LogP contribution in [0.4, 0.5) is 0 Å². The Morgan fingerprint density at radius 1 is 1.21 bits per heavy atom. The van der Waals surface area contributed by atoms with Gasteiger partial charge in [0.2, 0.25) is 0 Å². The third-order valence-corrected chi connectivity index (χ3v) is 5.79. The van der Waals surface area contributed by atoms with E-state index in [4.69, 9.17) is 24.3 Å². The van der Waals surface area contributed by atoms with Gasteiger partial charge in [-0.25, -0.2) is 19.3 Å². The van der Waals surface area contributed by atoms with Crippen LogP contribution >= 0.6 is 0 Å². The van der Waals surface area contributed by atoms with Crippen molar-refractivity contribution in [3.63, 3.8) is 0 Å². The molecule has 1 N–H and O–H groups in total. The van der Waals surface area contributed by atoms with Gasteiger partial charge >= 0.3 is 0 Å². The first-order valence-corrected chi connectivity index (χ1v) is 11.5. The summed E-state index contributed by atoms with van der Waals surface area (Å²) in [5, 5.41) is 19.4. The standard InChI is InChI=1S/C24H28N6O4/c1-32-12-13-33-18-5-6-20-19(14-18)23(28-30(20)22-4-2-3-11-34-22)24-25-9-7-21(27-24)29-16-17(8-10-31)15-26-29/h5-7,9,14-16,22,31H,2-4,8,10-13H2,1H3. The van der Waals surface area contributed by atoms with Crippen molar-refractivity contribution in [3.05, 3.63) is 48.4 Å². The summed E-state index contributed by atoms with van der Waals surface area (Å²) in [4.78, 5) is 9.27. The molecule has 10 nitrogen and oxygen atoms in total. The molecule has 4 aromatic rings. The van der Waals surface area contributed by atoms with Crippen LogP contribution in [0.1, 0.15) is 31.1 Å². The number of methoxy groups -OCH3 is 1. The number of rotatable bonds is 9. The zero-order valence-corrected chi connectivity index (χ0v) is 19.1. The highest BCUT2D eigenvalue weighted by Gasteiger charge is 2.23. The van der Waals surface area contributed by atoms with Gasteiger partial charge in [0.1, 0.15) is 18.1 Å². The molecule has 1 aromatic carbocycles. The highest BCUT2D eigenvalue weighted by atomic mass is 16.5. The molecule has 1 aliphatic heterocycles. The summed E-state index contributed by atoms with van der Waals surface area (Å²) in [6, 6.07) is 7.70. The molecule has 1 saturated heterocycles. The number of fused-ring (bicyclic) bond motifs is 1. The Balaban J connectivity index is 1.56. The van der Waals surface area contributed by atoms with E-state index in [1.807, 2.05) is 29.1 Å². The van der Waals surface area contributed by atoms with E-state index < -0.39 is 0 Å². The van der Waals surface area contributed by atoms with Gasteiger partial charge in [-0.3, -0.25) is 0 Å². The molecule has 34 heavy (non-hydrogen) atoms. The second-order valence-electron chi connectivity index (χ2n) is 8.14. The minimum atomic E-state index is -0.124. The number of aliphatic hydroxyl groups excluding tert-OH is 1. The fraction of sp³-hybridized carbons (Fsp3) is 0.417. The molecule has 0 spiro atoms. The Morgan fingerprint density at radius 3 is 2.97 bits per heavy atom. The summed E-state index contributed by atoms with van der Waals surface area (Å²) in [6.45, 7) is 1.76. The normalized spacial score (nSPS) is 16.2. The molecule has 178 valence electrons. The van der Waals surface area contributed by atoms with Crippen molar-refractivity contribution in [2.45, 2.75) is 31.9 Å². The third kappa shape index (κ3) is 4.65. The fourth-order valence-electron chi connectivity index (χ4n) is 4.09. The van der Waals surface area contributed by atoms with Crippen LogP contribution in [0.15, 0.2) is 42.9 Å². The maximum Gasteiger partial charge on any atom is 0.182 e. The number of hydrogen-bond donors (Lipinski definition) is 1. The average Bonchev–Trinajstić information content (AvgIpc) is 3.50. The molecule has 4 heterocycles. The van der Waals surface area contributed by atoms with E-state index in [-0.39, 0.29) is 12.8 Å². The van der Waals surface area contributed by atoms with E-state index in [2.05, 4.69) is 10.1 Å². The molecule has 10 heteroatoms. The van der Waals surface area contributed by atoms with E-state index in [0.29, 0.717) is 37.0 Å². The van der Waals surface area contributed by atoms with Crippen LogP contribution in [-0.2, 0) is 15.9 Å². The fourth-order valence-corrected chi connectivity index (χ4v) is 4.09. The van der Waals surface area contributed by atoms with Crippen molar-refractivity contribution in [1.82, 2.24) is 29.5 Å². The molecule has 0 amide bonds. The number of aliphatic hydroxyl groups is 1. The zero-order chi connectivity index (χ0) is 23.3. The lowest BCUT2D eigenvalue weighted by molar-refractivity contribution is -0.0365. The summed E-state index contributed by atoms with van der Waals surface area (Å²) in [7, 11) is 1.65. The maximum absolute atomic E-state index is 9.19. The maximum atomic E-state index is 9.19. The van der Waals surface area contributed by atoms with E-state index in [0.717, 1.165) is 48.1 Å². The molecule has 1 unspecified atom stereocenters. The smallest absolute Gasteiger partial charge is 0.182 e. The van der Waals surface area contributed by atoms with Gasteiger partial charge in [0, 0.05) is 44.2 Å². The number of nitrogens with zero attached hydrogens (tertiary/aromatic N) is 6. The first-order valence-electron chi connectivity index (χ1n) is 11.5. The number of hydrogen-bond acceptors (Lipinski definition) is 8. The van der Waals surface area contributed by atoms with Crippen LogP contribution in [0.3, 0.4) is 0 Å². The van der Waals surface area contributed by atoms with Gasteiger partial charge in [-0.05, 0) is 49.4 Å². The second kappa shape index (κ2) is 10.3. The largest absolute Gasteiger partial charge is 0.491 e. The highest BCUT2D eigenvalue weighted by molar-refractivity contribution is 5.92. The Labute approximate surface area is 197 Å². The Kier molecular flexibility index (Phi) is 6.79. The van der Waals surface area contributed by atoms with Crippen LogP contribution in [0.25, 0.3) is 28.2 Å². The van der Waals surface area contributed by atoms with E-state index >= 15 is 0 Å². The van der Waals surface area contributed by atoms with Gasteiger partial charge in [0.15, 0.2) is 17.9 Å². The SMILES string of the molecule is COCCOc1ccc2c(c1)c(-c1nccc(-n3cc(CCO)cn3)n1)nn2C1CCCCO1. The summed E-state index contributed by atoms with van der Waals surface area (Å²) in [5.74, 6) is 1.84. The van der Waals surface area contributed by atoms with Crippen molar-refractivity contribution >= 4 is 10.9 Å². The van der Waals surface area contributed by atoms with E-state index in [9.17, 15) is 5.11 Å². The van der Waals surface area contributed by atoms with Crippen molar-refractivity contribution in [2.75, 3.05) is 33.5 Å². The van der Waals surface area contributed by atoms with Crippen LogP contribution in [0.2, 0.25) is 0 Å². The molecule has 5 rings (SSSR count). The molecule has 0 saturated carbocycles. The quantitative estimate of drug-likeness (QED) is 0.377. The van der Waals surface area contributed by atoms with Gasteiger partial charge in [-0.2, -0.15) is 10.2 Å². The van der Waals surface area contributed by atoms with Gasteiger partial charge < -0.3 is 19.3 Å². The van der Waals surface area contributed by atoms with Crippen LogP contribution in [0, 0.1) is 0 Å². The Morgan fingerprint density at radius 2 is 2.15 bits per heavy atom. The lowest BCUT2D eigenvalue weighted by Crippen LogP contribution is -2.19. The Hall–Kier alpha value is -3.34. The molecule has 3 aromatic heterocycles. The van der Waals surface area contributed by atoms with Crippen LogP contribution in [-0.4, -0.2) is 68.2 Å². The monoisotopic (exact) mass is 464 g/mol. The number of benzene rings is 1. The van der Waals surface area contributed by atoms with Crippen LogP contribution < -0.4 is 4.74 Å². The minimum absolute atomic E-state index is 0.0716.